The maximum Gasteiger partial charge on any atom is 0.270 e. The lowest BCUT2D eigenvalue weighted by Crippen LogP contribution is -2.25. The number of hydrogen-bond acceptors (Lipinski definition) is 4. The van der Waals surface area contributed by atoms with E-state index in [9.17, 15) is 4.79 Å². The van der Waals surface area contributed by atoms with Gasteiger partial charge in [-0.3, -0.25) is 4.79 Å². The Labute approximate surface area is 137 Å². The molecular formula is C18H24N4O. The minimum atomic E-state index is -0.155. The second-order valence-corrected chi connectivity index (χ2v) is 5.36. The highest BCUT2D eigenvalue weighted by Gasteiger charge is 2.12. The van der Waals surface area contributed by atoms with Gasteiger partial charge in [-0.05, 0) is 12.8 Å². The molecular weight excluding hydrogens is 288 g/mol. The zero-order valence-electron chi connectivity index (χ0n) is 13.8. The van der Waals surface area contributed by atoms with Crippen molar-refractivity contribution in [3.05, 3.63) is 42.1 Å². The number of carbonyl (C=O) groups is 1. The molecule has 1 aromatic heterocycles. The molecule has 1 amide bonds. The predicted octanol–water partition coefficient (Wildman–Crippen LogP) is 3.50. The van der Waals surface area contributed by atoms with E-state index in [0.29, 0.717) is 23.9 Å². The van der Waals surface area contributed by atoms with Crippen molar-refractivity contribution in [2.45, 2.75) is 33.1 Å². The molecule has 0 aliphatic heterocycles. The maximum absolute atomic E-state index is 12.3. The maximum atomic E-state index is 12.3. The zero-order chi connectivity index (χ0) is 16.5. The van der Waals surface area contributed by atoms with Crippen molar-refractivity contribution in [1.29, 1.82) is 0 Å². The molecule has 0 radical (unpaired) electrons. The summed E-state index contributed by atoms with van der Waals surface area (Å²) in [4.78, 5) is 21.2. The highest BCUT2D eigenvalue weighted by Crippen LogP contribution is 2.17. The molecule has 0 fully saturated rings. The average Bonchev–Trinajstić information content (AvgIpc) is 2.60. The highest BCUT2D eigenvalue weighted by molar-refractivity contribution is 5.93. The number of carbonyl (C=O) groups excluding carboxylic acids is 1. The summed E-state index contributed by atoms with van der Waals surface area (Å²) in [7, 11) is 0. The summed E-state index contributed by atoms with van der Waals surface area (Å²) in [6.07, 6.45) is 2.99. The first-order valence-electron chi connectivity index (χ1n) is 8.21. The number of nitrogens with one attached hydrogen (secondary N) is 2. The van der Waals surface area contributed by atoms with Crippen molar-refractivity contribution >= 4 is 11.7 Å². The fourth-order valence-electron chi connectivity index (χ4n) is 2.09. The first kappa shape index (κ1) is 16.9. The van der Waals surface area contributed by atoms with Crippen molar-refractivity contribution in [1.82, 2.24) is 15.3 Å². The molecule has 5 nitrogen and oxygen atoms in total. The normalized spacial score (nSPS) is 10.3. The van der Waals surface area contributed by atoms with Crippen LogP contribution in [0.25, 0.3) is 11.4 Å². The quantitative estimate of drug-likeness (QED) is 0.732. The largest absolute Gasteiger partial charge is 0.370 e. The highest BCUT2D eigenvalue weighted by atomic mass is 16.1. The van der Waals surface area contributed by atoms with Crippen LogP contribution >= 0.6 is 0 Å². The summed E-state index contributed by atoms with van der Waals surface area (Å²) >= 11 is 0. The molecule has 0 aliphatic carbocycles. The Kier molecular flexibility index (Phi) is 6.54. The van der Waals surface area contributed by atoms with Gasteiger partial charge < -0.3 is 10.6 Å². The first-order chi connectivity index (χ1) is 11.2. The van der Waals surface area contributed by atoms with Crippen LogP contribution in [0.2, 0.25) is 0 Å². The van der Waals surface area contributed by atoms with E-state index >= 15 is 0 Å². The molecule has 1 heterocycles. The Hall–Kier alpha value is -2.43. The molecule has 5 heteroatoms. The summed E-state index contributed by atoms with van der Waals surface area (Å²) < 4.78 is 0. The van der Waals surface area contributed by atoms with E-state index in [4.69, 9.17) is 0 Å². The summed E-state index contributed by atoms with van der Waals surface area (Å²) in [5.41, 5.74) is 1.30. The van der Waals surface area contributed by atoms with Gasteiger partial charge in [0.2, 0.25) is 0 Å². The fraction of sp³-hybridized carbons (Fsp3) is 0.389. The molecule has 2 N–H and O–H groups in total. The minimum absolute atomic E-state index is 0.155. The van der Waals surface area contributed by atoms with Gasteiger partial charge in [-0.2, -0.15) is 0 Å². The van der Waals surface area contributed by atoms with Crippen LogP contribution in [0.15, 0.2) is 36.4 Å². The van der Waals surface area contributed by atoms with E-state index in [-0.39, 0.29) is 5.91 Å². The minimum Gasteiger partial charge on any atom is -0.370 e. The molecule has 0 spiro atoms. The Bertz CT molecular complexity index is 628. The van der Waals surface area contributed by atoms with Gasteiger partial charge in [-0.25, -0.2) is 9.97 Å². The number of hydrogen-bond donors (Lipinski definition) is 2. The number of anilines is 1. The molecule has 0 bridgehead atoms. The van der Waals surface area contributed by atoms with Gasteiger partial charge in [-0.15, -0.1) is 0 Å². The third-order valence-electron chi connectivity index (χ3n) is 3.36. The number of nitrogens with zero attached hydrogens (tertiary/aromatic N) is 2. The van der Waals surface area contributed by atoms with Crippen LogP contribution < -0.4 is 10.6 Å². The lowest BCUT2D eigenvalue weighted by Gasteiger charge is -2.10. The van der Waals surface area contributed by atoms with Crippen molar-refractivity contribution in [2.24, 2.45) is 0 Å². The second kappa shape index (κ2) is 8.88. The third kappa shape index (κ3) is 5.06. The van der Waals surface area contributed by atoms with Gasteiger partial charge in [-0.1, -0.05) is 50.6 Å². The molecule has 122 valence electrons. The van der Waals surface area contributed by atoms with E-state index in [1.54, 1.807) is 6.07 Å². The third-order valence-corrected chi connectivity index (χ3v) is 3.36. The Morgan fingerprint density at radius 3 is 2.52 bits per heavy atom. The van der Waals surface area contributed by atoms with Crippen LogP contribution in [0, 0.1) is 0 Å². The SMILES string of the molecule is CCCCNC(=O)c1cc(NCCC)nc(-c2ccccc2)n1. The molecule has 2 rings (SSSR count). The van der Waals surface area contributed by atoms with Crippen LogP contribution in [0.1, 0.15) is 43.6 Å². The number of rotatable bonds is 8. The van der Waals surface area contributed by atoms with E-state index in [0.717, 1.165) is 31.4 Å². The molecule has 2 aromatic rings. The van der Waals surface area contributed by atoms with Gasteiger partial charge in [0.1, 0.15) is 11.5 Å². The molecule has 23 heavy (non-hydrogen) atoms. The average molecular weight is 312 g/mol. The zero-order valence-corrected chi connectivity index (χ0v) is 13.8. The number of benzene rings is 1. The lowest BCUT2D eigenvalue weighted by molar-refractivity contribution is 0.0948. The van der Waals surface area contributed by atoms with Gasteiger partial charge in [0.15, 0.2) is 5.82 Å². The molecule has 0 aliphatic rings. The van der Waals surface area contributed by atoms with E-state index in [1.165, 1.54) is 0 Å². The topological polar surface area (TPSA) is 66.9 Å². The van der Waals surface area contributed by atoms with Gasteiger partial charge >= 0.3 is 0 Å². The number of unbranched alkanes of at least 4 members (excludes halogenated alkanes) is 1. The summed E-state index contributed by atoms with van der Waals surface area (Å²) in [6.45, 7) is 5.65. The molecule has 0 saturated carbocycles. The van der Waals surface area contributed by atoms with Gasteiger partial charge in [0.05, 0.1) is 0 Å². The summed E-state index contributed by atoms with van der Waals surface area (Å²) in [5, 5.41) is 6.14. The first-order valence-corrected chi connectivity index (χ1v) is 8.21. The van der Waals surface area contributed by atoms with Crippen molar-refractivity contribution in [2.75, 3.05) is 18.4 Å². The summed E-state index contributed by atoms with van der Waals surface area (Å²) in [5.74, 6) is 1.09. The molecule has 0 saturated heterocycles. The Morgan fingerprint density at radius 2 is 1.83 bits per heavy atom. The molecule has 0 atom stereocenters. The Balaban J connectivity index is 2.27. The van der Waals surface area contributed by atoms with Crippen LogP contribution in [-0.4, -0.2) is 29.0 Å². The lowest BCUT2D eigenvalue weighted by atomic mass is 10.2. The van der Waals surface area contributed by atoms with Crippen LogP contribution in [-0.2, 0) is 0 Å². The van der Waals surface area contributed by atoms with E-state index < -0.39 is 0 Å². The van der Waals surface area contributed by atoms with Crippen molar-refractivity contribution < 1.29 is 4.79 Å². The standard InChI is InChI=1S/C18H24N4O/c1-3-5-12-20-18(23)15-13-16(19-11-4-2)22-17(21-15)14-9-7-6-8-10-14/h6-10,13H,3-5,11-12H2,1-2H3,(H,20,23)(H,19,21,22). The molecule has 0 unspecified atom stereocenters. The van der Waals surface area contributed by atoms with Crippen LogP contribution in [0.5, 0.6) is 0 Å². The van der Waals surface area contributed by atoms with Crippen LogP contribution in [0.4, 0.5) is 5.82 Å². The number of amides is 1. The summed E-state index contributed by atoms with van der Waals surface area (Å²) in [6, 6.07) is 11.4. The van der Waals surface area contributed by atoms with E-state index in [2.05, 4.69) is 34.4 Å². The van der Waals surface area contributed by atoms with Gasteiger partial charge in [0, 0.05) is 24.7 Å². The van der Waals surface area contributed by atoms with Crippen molar-refractivity contribution in [3.8, 4) is 11.4 Å². The van der Waals surface area contributed by atoms with Gasteiger partial charge in [0.25, 0.3) is 5.91 Å². The molecule has 1 aromatic carbocycles. The van der Waals surface area contributed by atoms with Crippen molar-refractivity contribution in [3.63, 3.8) is 0 Å². The number of aromatic nitrogens is 2. The Morgan fingerprint density at radius 1 is 1.04 bits per heavy atom. The smallest absolute Gasteiger partial charge is 0.270 e. The monoisotopic (exact) mass is 312 g/mol. The van der Waals surface area contributed by atoms with E-state index in [1.807, 2.05) is 30.3 Å². The fourth-order valence-corrected chi connectivity index (χ4v) is 2.09. The second-order valence-electron chi connectivity index (χ2n) is 5.36. The van der Waals surface area contributed by atoms with Crippen LogP contribution in [0.3, 0.4) is 0 Å². The predicted molar refractivity (Wildman–Crippen MR) is 93.5 cm³/mol.